The molecule has 0 heterocycles. The number of hydrogen-bond donors (Lipinski definition) is 0. The van der Waals surface area contributed by atoms with Gasteiger partial charge in [0.05, 0.1) is 23.8 Å². The van der Waals surface area contributed by atoms with Crippen molar-refractivity contribution in [1.82, 2.24) is 0 Å². The van der Waals surface area contributed by atoms with Crippen molar-refractivity contribution < 1.29 is 19.1 Å². The van der Waals surface area contributed by atoms with Crippen LogP contribution in [0.1, 0.15) is 86.4 Å². The summed E-state index contributed by atoms with van der Waals surface area (Å²) in [4.78, 5) is 23.9. The summed E-state index contributed by atoms with van der Waals surface area (Å²) in [6, 6.07) is 6.45. The van der Waals surface area contributed by atoms with Crippen molar-refractivity contribution in [3.05, 3.63) is 35.4 Å². The molecule has 1 aromatic rings. The number of ether oxygens (including phenoxy) is 2. The van der Waals surface area contributed by atoms with Crippen LogP contribution in [0, 0.1) is 0 Å². The summed E-state index contributed by atoms with van der Waals surface area (Å²) in [5, 5.41) is 0. The lowest BCUT2D eigenvalue weighted by Gasteiger charge is -2.13. The second-order valence-corrected chi connectivity index (χ2v) is 6.13. The van der Waals surface area contributed by atoms with Crippen LogP contribution in [0.4, 0.5) is 0 Å². The highest BCUT2D eigenvalue weighted by Crippen LogP contribution is 2.12. The minimum atomic E-state index is -0.348. The lowest BCUT2D eigenvalue weighted by molar-refractivity contribution is 0.0318. The van der Waals surface area contributed by atoms with Crippen molar-refractivity contribution in [2.24, 2.45) is 0 Å². The average Bonchev–Trinajstić information content (AvgIpc) is 2.59. The summed E-state index contributed by atoms with van der Waals surface area (Å²) in [5.74, 6) is -0.694. The minimum absolute atomic E-state index is 0.0905. The molecule has 0 aromatic heterocycles. The van der Waals surface area contributed by atoms with Gasteiger partial charge in [0.15, 0.2) is 0 Å². The van der Waals surface area contributed by atoms with E-state index in [9.17, 15) is 9.59 Å². The normalized spacial score (nSPS) is 11.8. The summed E-state index contributed by atoms with van der Waals surface area (Å²) in [5.41, 5.74) is 0.916. The maximum absolute atomic E-state index is 12.1. The Morgan fingerprint density at radius 1 is 0.875 bits per heavy atom. The molecule has 4 nitrogen and oxygen atoms in total. The largest absolute Gasteiger partial charge is 0.462 e. The number of hydrogen-bond acceptors (Lipinski definition) is 4. The van der Waals surface area contributed by atoms with Gasteiger partial charge in [0.1, 0.15) is 0 Å². The SMILES string of the molecule is CCCCCOC(=O)c1ccc(C(=O)OC(C)CCCCC)cc1. The van der Waals surface area contributed by atoms with Gasteiger partial charge < -0.3 is 9.47 Å². The van der Waals surface area contributed by atoms with Gasteiger partial charge in [-0.05, 0) is 50.5 Å². The van der Waals surface area contributed by atoms with E-state index in [4.69, 9.17) is 9.47 Å². The van der Waals surface area contributed by atoms with E-state index in [0.717, 1.165) is 44.9 Å². The highest BCUT2D eigenvalue weighted by molar-refractivity contribution is 5.93. The van der Waals surface area contributed by atoms with Gasteiger partial charge in [0.2, 0.25) is 0 Å². The van der Waals surface area contributed by atoms with E-state index in [1.165, 1.54) is 0 Å². The fourth-order valence-corrected chi connectivity index (χ4v) is 2.33. The lowest BCUT2D eigenvalue weighted by atomic mass is 10.1. The number of benzene rings is 1. The van der Waals surface area contributed by atoms with Crippen LogP contribution >= 0.6 is 0 Å². The fraction of sp³-hybridized carbons (Fsp3) is 0.600. The van der Waals surface area contributed by atoms with Crippen LogP contribution in [0.3, 0.4) is 0 Å². The highest BCUT2D eigenvalue weighted by Gasteiger charge is 2.13. The van der Waals surface area contributed by atoms with Gasteiger partial charge in [-0.25, -0.2) is 9.59 Å². The molecule has 0 saturated carbocycles. The smallest absolute Gasteiger partial charge is 0.338 e. The zero-order valence-electron chi connectivity index (χ0n) is 15.2. The minimum Gasteiger partial charge on any atom is -0.462 e. The van der Waals surface area contributed by atoms with Gasteiger partial charge in [-0.2, -0.15) is 0 Å². The maximum atomic E-state index is 12.1. The highest BCUT2D eigenvalue weighted by atomic mass is 16.5. The molecule has 0 radical (unpaired) electrons. The Morgan fingerprint density at radius 3 is 2.00 bits per heavy atom. The standard InChI is InChI=1S/C20H30O4/c1-4-6-8-10-16(3)24-20(22)18-13-11-17(12-14-18)19(21)23-15-9-7-5-2/h11-14,16H,4-10,15H2,1-3H3. The molecule has 1 atom stereocenters. The lowest BCUT2D eigenvalue weighted by Crippen LogP contribution is -2.15. The molecule has 4 heteroatoms. The quantitative estimate of drug-likeness (QED) is 0.414. The average molecular weight is 334 g/mol. The molecule has 0 aliphatic heterocycles. The first-order valence-corrected chi connectivity index (χ1v) is 9.06. The molecule has 0 bridgehead atoms. The molecule has 0 N–H and O–H groups in total. The summed E-state index contributed by atoms with van der Waals surface area (Å²) < 4.78 is 10.6. The van der Waals surface area contributed by atoms with E-state index in [-0.39, 0.29) is 18.0 Å². The first-order valence-electron chi connectivity index (χ1n) is 9.06. The first-order chi connectivity index (χ1) is 11.6. The van der Waals surface area contributed by atoms with Crippen molar-refractivity contribution >= 4 is 11.9 Å². The molecule has 1 aromatic carbocycles. The molecule has 134 valence electrons. The van der Waals surface area contributed by atoms with Crippen LogP contribution in [0.2, 0.25) is 0 Å². The first kappa shape index (κ1) is 20.2. The van der Waals surface area contributed by atoms with Crippen LogP contribution in [-0.2, 0) is 9.47 Å². The zero-order chi connectivity index (χ0) is 17.8. The third-order valence-corrected chi connectivity index (χ3v) is 3.86. The Hall–Kier alpha value is -1.84. The van der Waals surface area contributed by atoms with Crippen molar-refractivity contribution in [3.8, 4) is 0 Å². The molecular weight excluding hydrogens is 304 g/mol. The Bertz CT molecular complexity index is 493. The van der Waals surface area contributed by atoms with Gasteiger partial charge in [0.25, 0.3) is 0 Å². The van der Waals surface area contributed by atoms with Gasteiger partial charge in [-0.1, -0.05) is 39.5 Å². The van der Waals surface area contributed by atoms with E-state index in [0.29, 0.717) is 17.7 Å². The van der Waals surface area contributed by atoms with Crippen LogP contribution in [-0.4, -0.2) is 24.6 Å². The third-order valence-electron chi connectivity index (χ3n) is 3.86. The number of rotatable bonds is 11. The van der Waals surface area contributed by atoms with Gasteiger partial charge in [0, 0.05) is 0 Å². The summed E-state index contributed by atoms with van der Waals surface area (Å²) >= 11 is 0. The van der Waals surface area contributed by atoms with E-state index in [1.54, 1.807) is 24.3 Å². The summed E-state index contributed by atoms with van der Waals surface area (Å²) in [6.07, 6.45) is 7.16. The predicted octanol–water partition coefficient (Wildman–Crippen LogP) is 5.16. The van der Waals surface area contributed by atoms with Gasteiger partial charge in [-0.15, -0.1) is 0 Å². The van der Waals surface area contributed by atoms with Crippen molar-refractivity contribution in [3.63, 3.8) is 0 Å². The van der Waals surface area contributed by atoms with Crippen LogP contribution in [0.5, 0.6) is 0 Å². The third kappa shape index (κ3) is 7.62. The molecule has 1 rings (SSSR count). The van der Waals surface area contributed by atoms with Gasteiger partial charge in [-0.3, -0.25) is 0 Å². The number of carbonyl (C=O) groups excluding carboxylic acids is 2. The summed E-state index contributed by atoms with van der Waals surface area (Å²) in [7, 11) is 0. The topological polar surface area (TPSA) is 52.6 Å². The number of carbonyl (C=O) groups is 2. The Kier molecular flexibility index (Phi) is 9.81. The van der Waals surface area contributed by atoms with Gasteiger partial charge >= 0.3 is 11.9 Å². The van der Waals surface area contributed by atoms with E-state index in [2.05, 4.69) is 13.8 Å². The predicted molar refractivity (Wildman–Crippen MR) is 95.3 cm³/mol. The second kappa shape index (κ2) is 11.7. The van der Waals surface area contributed by atoms with Crippen LogP contribution < -0.4 is 0 Å². The second-order valence-electron chi connectivity index (χ2n) is 6.13. The Balaban J connectivity index is 2.45. The molecule has 0 fully saturated rings. The Morgan fingerprint density at radius 2 is 1.42 bits per heavy atom. The van der Waals surface area contributed by atoms with Crippen molar-refractivity contribution in [2.45, 2.75) is 71.8 Å². The molecular formula is C20H30O4. The number of unbranched alkanes of at least 4 members (excludes halogenated alkanes) is 4. The molecule has 24 heavy (non-hydrogen) atoms. The molecule has 1 unspecified atom stereocenters. The molecule has 0 aliphatic rings. The Labute approximate surface area is 145 Å². The molecule has 0 spiro atoms. The molecule has 0 amide bonds. The van der Waals surface area contributed by atoms with Crippen molar-refractivity contribution in [1.29, 1.82) is 0 Å². The maximum Gasteiger partial charge on any atom is 0.338 e. The zero-order valence-corrected chi connectivity index (χ0v) is 15.2. The fourth-order valence-electron chi connectivity index (χ4n) is 2.33. The monoisotopic (exact) mass is 334 g/mol. The summed E-state index contributed by atoms with van der Waals surface area (Å²) in [6.45, 7) is 6.60. The van der Waals surface area contributed by atoms with Crippen LogP contribution in [0.15, 0.2) is 24.3 Å². The molecule has 0 aliphatic carbocycles. The van der Waals surface area contributed by atoms with Crippen LogP contribution in [0.25, 0.3) is 0 Å². The van der Waals surface area contributed by atoms with E-state index >= 15 is 0 Å². The van der Waals surface area contributed by atoms with Crippen molar-refractivity contribution in [2.75, 3.05) is 6.61 Å². The van der Waals surface area contributed by atoms with E-state index in [1.807, 2.05) is 6.92 Å². The van der Waals surface area contributed by atoms with E-state index < -0.39 is 0 Å². The number of esters is 2. The molecule has 0 saturated heterocycles.